The fourth-order valence-corrected chi connectivity index (χ4v) is 2.07. The van der Waals surface area contributed by atoms with E-state index in [4.69, 9.17) is 4.52 Å². The number of rotatable bonds is 5. The average molecular weight is 313 g/mol. The van der Waals surface area contributed by atoms with Crippen molar-refractivity contribution < 1.29 is 9.32 Å². The summed E-state index contributed by atoms with van der Waals surface area (Å²) in [6.07, 6.45) is 3.75. The molecule has 0 atom stereocenters. The molecule has 0 bridgehead atoms. The highest BCUT2D eigenvalue weighted by Crippen LogP contribution is 2.14. The van der Waals surface area contributed by atoms with Crippen LogP contribution >= 0.6 is 15.9 Å². The van der Waals surface area contributed by atoms with Crippen molar-refractivity contribution in [1.29, 1.82) is 0 Å². The minimum absolute atomic E-state index is 0.109. The van der Waals surface area contributed by atoms with E-state index in [1.54, 1.807) is 6.07 Å². The molecule has 0 radical (unpaired) electrons. The van der Waals surface area contributed by atoms with E-state index in [0.717, 1.165) is 11.0 Å². The Morgan fingerprint density at radius 2 is 2.44 bits per heavy atom. The van der Waals surface area contributed by atoms with E-state index in [-0.39, 0.29) is 5.91 Å². The molecular formula is C11H13BrN4O2. The molecule has 7 heteroatoms. The van der Waals surface area contributed by atoms with Gasteiger partial charge in [-0.05, 0) is 28.9 Å². The molecule has 18 heavy (non-hydrogen) atoms. The summed E-state index contributed by atoms with van der Waals surface area (Å²) in [5.41, 5.74) is 0.634. The van der Waals surface area contributed by atoms with Crippen LogP contribution in [0.3, 0.4) is 0 Å². The minimum Gasteiger partial charge on any atom is -0.350 e. The molecule has 0 aliphatic rings. The first-order valence-corrected chi connectivity index (χ1v) is 6.39. The van der Waals surface area contributed by atoms with Crippen LogP contribution in [0.4, 0.5) is 0 Å². The smallest absolute Gasteiger partial charge is 0.267 e. The summed E-state index contributed by atoms with van der Waals surface area (Å²) in [7, 11) is 0. The molecule has 2 aromatic rings. The summed E-state index contributed by atoms with van der Waals surface area (Å²) in [5, 5.41) is 6.32. The molecule has 96 valence electrons. The summed E-state index contributed by atoms with van der Waals surface area (Å²) in [5.74, 6) is 0.407. The number of aromatic nitrogens is 3. The number of aryl methyl sites for hydroxylation is 1. The second kappa shape index (κ2) is 5.81. The van der Waals surface area contributed by atoms with Crippen molar-refractivity contribution in [1.82, 2.24) is 20.0 Å². The standard InChI is InChI=1S/C11H13BrN4O2/c1-2-16-6-8(12)5-9(16)11(17)13-4-3-10-14-7-15-18-10/h5-7H,2-4H2,1H3,(H,13,17). The van der Waals surface area contributed by atoms with E-state index >= 15 is 0 Å². The number of halogens is 1. The lowest BCUT2D eigenvalue weighted by Gasteiger charge is -2.06. The van der Waals surface area contributed by atoms with Crippen LogP contribution in [0, 0.1) is 0 Å². The van der Waals surface area contributed by atoms with Gasteiger partial charge in [-0.2, -0.15) is 4.98 Å². The van der Waals surface area contributed by atoms with Gasteiger partial charge in [0.1, 0.15) is 5.69 Å². The molecular weight excluding hydrogens is 300 g/mol. The number of amides is 1. The molecule has 0 unspecified atom stereocenters. The molecule has 0 saturated carbocycles. The van der Waals surface area contributed by atoms with Gasteiger partial charge in [0, 0.05) is 30.2 Å². The highest BCUT2D eigenvalue weighted by Gasteiger charge is 2.12. The second-order valence-electron chi connectivity index (χ2n) is 3.67. The lowest BCUT2D eigenvalue weighted by Crippen LogP contribution is -2.27. The van der Waals surface area contributed by atoms with Crippen LogP contribution in [0.2, 0.25) is 0 Å². The van der Waals surface area contributed by atoms with Crippen molar-refractivity contribution in [3.8, 4) is 0 Å². The quantitative estimate of drug-likeness (QED) is 0.910. The summed E-state index contributed by atoms with van der Waals surface area (Å²) < 4.78 is 7.62. The van der Waals surface area contributed by atoms with Crippen molar-refractivity contribution >= 4 is 21.8 Å². The Bertz CT molecular complexity index is 521. The van der Waals surface area contributed by atoms with Gasteiger partial charge in [0.2, 0.25) is 5.89 Å². The fourth-order valence-electron chi connectivity index (χ4n) is 1.61. The number of nitrogens with zero attached hydrogens (tertiary/aromatic N) is 3. The summed E-state index contributed by atoms with van der Waals surface area (Å²) in [6, 6.07) is 1.80. The van der Waals surface area contributed by atoms with Crippen molar-refractivity contribution in [3.05, 3.63) is 34.6 Å². The Hall–Kier alpha value is -1.63. The van der Waals surface area contributed by atoms with Gasteiger partial charge in [-0.1, -0.05) is 5.16 Å². The number of carbonyl (C=O) groups is 1. The number of hydrogen-bond donors (Lipinski definition) is 1. The van der Waals surface area contributed by atoms with Gasteiger partial charge in [-0.25, -0.2) is 0 Å². The van der Waals surface area contributed by atoms with Gasteiger partial charge in [0.25, 0.3) is 5.91 Å². The van der Waals surface area contributed by atoms with E-state index in [1.165, 1.54) is 6.33 Å². The Labute approximate surface area is 112 Å². The summed E-state index contributed by atoms with van der Waals surface area (Å²) in [4.78, 5) is 15.8. The second-order valence-corrected chi connectivity index (χ2v) is 4.59. The molecule has 2 heterocycles. The highest BCUT2D eigenvalue weighted by molar-refractivity contribution is 9.10. The lowest BCUT2D eigenvalue weighted by molar-refractivity contribution is 0.0944. The Morgan fingerprint density at radius 3 is 3.11 bits per heavy atom. The Morgan fingerprint density at radius 1 is 1.61 bits per heavy atom. The highest BCUT2D eigenvalue weighted by atomic mass is 79.9. The third kappa shape index (κ3) is 2.98. The van der Waals surface area contributed by atoms with Gasteiger partial charge in [0.15, 0.2) is 6.33 Å². The van der Waals surface area contributed by atoms with Crippen LogP contribution in [0.25, 0.3) is 0 Å². The van der Waals surface area contributed by atoms with E-state index in [1.807, 2.05) is 17.7 Å². The SMILES string of the molecule is CCn1cc(Br)cc1C(=O)NCCc1ncno1. The van der Waals surface area contributed by atoms with Gasteiger partial charge in [-0.3, -0.25) is 4.79 Å². The lowest BCUT2D eigenvalue weighted by atomic mass is 10.3. The zero-order valence-corrected chi connectivity index (χ0v) is 11.5. The summed E-state index contributed by atoms with van der Waals surface area (Å²) in [6.45, 7) is 3.20. The molecule has 1 N–H and O–H groups in total. The molecule has 2 rings (SSSR count). The predicted molar refractivity (Wildman–Crippen MR) is 68.1 cm³/mol. The maximum absolute atomic E-state index is 11.9. The maximum atomic E-state index is 11.9. The first kappa shape index (κ1) is 12.8. The number of carbonyl (C=O) groups excluding carboxylic acids is 1. The molecule has 1 amide bonds. The van der Waals surface area contributed by atoms with Crippen molar-refractivity contribution in [3.63, 3.8) is 0 Å². The molecule has 0 aromatic carbocycles. The van der Waals surface area contributed by atoms with Crippen molar-refractivity contribution in [2.24, 2.45) is 0 Å². The van der Waals surface area contributed by atoms with E-state index in [2.05, 4.69) is 31.4 Å². The monoisotopic (exact) mass is 312 g/mol. The van der Waals surface area contributed by atoms with Gasteiger partial charge < -0.3 is 14.4 Å². The summed E-state index contributed by atoms with van der Waals surface area (Å²) >= 11 is 3.36. The van der Waals surface area contributed by atoms with Crippen LogP contribution < -0.4 is 5.32 Å². The molecule has 0 fully saturated rings. The van der Waals surface area contributed by atoms with E-state index < -0.39 is 0 Å². The van der Waals surface area contributed by atoms with Gasteiger partial charge >= 0.3 is 0 Å². The first-order valence-electron chi connectivity index (χ1n) is 5.60. The van der Waals surface area contributed by atoms with Crippen LogP contribution in [-0.2, 0) is 13.0 Å². The third-order valence-electron chi connectivity index (χ3n) is 2.47. The Kier molecular flexibility index (Phi) is 4.14. The van der Waals surface area contributed by atoms with Crippen LogP contribution in [0.5, 0.6) is 0 Å². The van der Waals surface area contributed by atoms with Crippen molar-refractivity contribution in [2.75, 3.05) is 6.54 Å². The molecule has 2 aromatic heterocycles. The molecule has 0 spiro atoms. The minimum atomic E-state index is -0.109. The van der Waals surface area contributed by atoms with Crippen LogP contribution in [0.1, 0.15) is 23.3 Å². The van der Waals surface area contributed by atoms with Crippen LogP contribution in [0.15, 0.2) is 27.6 Å². The first-order chi connectivity index (χ1) is 8.70. The third-order valence-corrected chi connectivity index (χ3v) is 2.90. The zero-order chi connectivity index (χ0) is 13.0. The molecule has 6 nitrogen and oxygen atoms in total. The molecule has 0 aliphatic carbocycles. The normalized spacial score (nSPS) is 10.6. The maximum Gasteiger partial charge on any atom is 0.267 e. The van der Waals surface area contributed by atoms with Crippen molar-refractivity contribution in [2.45, 2.75) is 19.9 Å². The largest absolute Gasteiger partial charge is 0.350 e. The topological polar surface area (TPSA) is 73.0 Å². The van der Waals surface area contributed by atoms with Gasteiger partial charge in [0.05, 0.1) is 0 Å². The number of hydrogen-bond acceptors (Lipinski definition) is 4. The average Bonchev–Trinajstić information content (AvgIpc) is 2.98. The zero-order valence-electron chi connectivity index (χ0n) is 9.89. The van der Waals surface area contributed by atoms with Gasteiger partial charge in [-0.15, -0.1) is 0 Å². The fraction of sp³-hybridized carbons (Fsp3) is 0.364. The predicted octanol–water partition coefficient (Wildman–Crippen LogP) is 1.63. The number of nitrogens with one attached hydrogen (secondary N) is 1. The van der Waals surface area contributed by atoms with Crippen LogP contribution in [-0.4, -0.2) is 27.2 Å². The Balaban J connectivity index is 1.91. The van der Waals surface area contributed by atoms with E-state index in [9.17, 15) is 4.79 Å². The molecule has 0 aliphatic heterocycles. The van der Waals surface area contributed by atoms with E-state index in [0.29, 0.717) is 24.6 Å². The molecule has 0 saturated heterocycles.